The Labute approximate surface area is 185 Å². The Morgan fingerprint density at radius 2 is 1.93 bits per heavy atom. The number of benzene rings is 1. The van der Waals surface area contributed by atoms with Gasteiger partial charge in [0.1, 0.15) is 5.75 Å². The van der Waals surface area contributed by atoms with Crippen LogP contribution in [0.1, 0.15) is 12.0 Å². The number of carbonyl (C=O) groups is 2. The maximum Gasteiger partial charge on any atom is 0.245 e. The molecule has 2 aliphatic rings. The molecule has 0 spiro atoms. The molecule has 0 radical (unpaired) electrons. The van der Waals surface area contributed by atoms with Crippen molar-refractivity contribution in [3.8, 4) is 16.9 Å². The van der Waals surface area contributed by atoms with E-state index in [0.717, 1.165) is 29.8 Å². The van der Waals surface area contributed by atoms with Gasteiger partial charge in [0.25, 0.3) is 0 Å². The zero-order valence-corrected chi connectivity index (χ0v) is 18.5. The second-order valence-electron chi connectivity index (χ2n) is 7.92. The molecule has 1 aromatic heterocycles. The summed E-state index contributed by atoms with van der Waals surface area (Å²) < 4.78 is 5.51. The Kier molecular flexibility index (Phi) is 6.16. The number of amides is 2. The summed E-state index contributed by atoms with van der Waals surface area (Å²) in [6.07, 6.45) is 2.40. The van der Waals surface area contributed by atoms with E-state index in [0.29, 0.717) is 48.5 Å². The van der Waals surface area contributed by atoms with Gasteiger partial charge in [-0.3, -0.25) is 9.59 Å². The van der Waals surface area contributed by atoms with Crippen molar-refractivity contribution in [2.75, 3.05) is 33.3 Å². The number of hydrogen-bond acceptors (Lipinski definition) is 4. The number of carbonyl (C=O) groups excluding carboxylic acids is 2. The van der Waals surface area contributed by atoms with Crippen LogP contribution in [0.5, 0.6) is 5.75 Å². The third-order valence-corrected chi connectivity index (χ3v) is 7.13. The molecule has 5 nitrogen and oxygen atoms in total. The highest BCUT2D eigenvalue weighted by Gasteiger charge is 2.42. The Morgan fingerprint density at radius 3 is 2.53 bits per heavy atom. The molecule has 1 aromatic carbocycles. The number of aryl methyl sites for hydroxylation is 1. The maximum absolute atomic E-state index is 12.9. The van der Waals surface area contributed by atoms with Gasteiger partial charge in [-0.2, -0.15) is 11.3 Å². The first kappa shape index (κ1) is 20.9. The molecule has 30 heavy (non-hydrogen) atoms. The Morgan fingerprint density at radius 1 is 1.23 bits per heavy atom. The quantitative estimate of drug-likeness (QED) is 0.630. The van der Waals surface area contributed by atoms with Crippen LogP contribution in [-0.2, 0) is 16.0 Å². The van der Waals surface area contributed by atoms with Gasteiger partial charge in [-0.1, -0.05) is 18.2 Å². The minimum atomic E-state index is -0.0152. The number of nitrogens with zero attached hydrogens (tertiary/aromatic N) is 2. The third kappa shape index (κ3) is 4.12. The molecule has 0 N–H and O–H groups in total. The number of ether oxygens (including phenoxy) is 1. The van der Waals surface area contributed by atoms with Crippen LogP contribution in [0.15, 0.2) is 41.6 Å². The van der Waals surface area contributed by atoms with Crippen LogP contribution < -0.4 is 4.74 Å². The molecular formula is C23H25ClN2O3S. The average Bonchev–Trinajstić information content (AvgIpc) is 3.48. The highest BCUT2D eigenvalue weighted by Crippen LogP contribution is 2.36. The highest BCUT2D eigenvalue weighted by atomic mass is 35.5. The van der Waals surface area contributed by atoms with Gasteiger partial charge in [-0.25, -0.2) is 0 Å². The average molecular weight is 445 g/mol. The van der Waals surface area contributed by atoms with Gasteiger partial charge in [0, 0.05) is 50.0 Å². The molecular weight excluding hydrogens is 420 g/mol. The standard InChI is InChI=1S/C23H25ClN2O3S/c1-3-22(27)25-10-17-12-26(13-18(17)11-25)23(28)5-4-15-8-19(16-6-7-30-14-16)20(24)9-21(15)29-2/h3,6-9,14,17-18H,1,4-5,10-13H2,2H3. The van der Waals surface area contributed by atoms with Crippen molar-refractivity contribution >= 4 is 34.8 Å². The van der Waals surface area contributed by atoms with E-state index in [-0.39, 0.29) is 11.8 Å². The molecule has 2 aliphatic heterocycles. The van der Waals surface area contributed by atoms with E-state index in [4.69, 9.17) is 16.3 Å². The van der Waals surface area contributed by atoms with Crippen LogP contribution in [-0.4, -0.2) is 54.9 Å². The Balaban J connectivity index is 1.40. The van der Waals surface area contributed by atoms with Gasteiger partial charge in [0.15, 0.2) is 0 Å². The van der Waals surface area contributed by atoms with Crippen LogP contribution in [0.3, 0.4) is 0 Å². The number of fused-ring (bicyclic) bond motifs is 1. The minimum Gasteiger partial charge on any atom is -0.496 e. The summed E-state index contributed by atoms with van der Waals surface area (Å²) in [6.45, 7) is 6.45. The largest absolute Gasteiger partial charge is 0.496 e. The number of methoxy groups -OCH3 is 1. The molecule has 0 aliphatic carbocycles. The fourth-order valence-corrected chi connectivity index (χ4v) is 5.45. The first-order valence-electron chi connectivity index (χ1n) is 10.1. The first-order valence-corrected chi connectivity index (χ1v) is 11.4. The fourth-order valence-electron chi connectivity index (χ4n) is 4.53. The molecule has 2 unspecified atom stereocenters. The molecule has 2 atom stereocenters. The predicted octanol–water partition coefficient (Wildman–Crippen LogP) is 4.11. The summed E-state index contributed by atoms with van der Waals surface area (Å²) in [4.78, 5) is 28.5. The zero-order valence-electron chi connectivity index (χ0n) is 17.0. The minimum absolute atomic E-state index is 0.0152. The van der Waals surface area contributed by atoms with E-state index in [1.807, 2.05) is 33.4 Å². The summed E-state index contributed by atoms with van der Waals surface area (Å²) in [5.41, 5.74) is 3.02. The second-order valence-corrected chi connectivity index (χ2v) is 9.11. The van der Waals surface area contributed by atoms with Gasteiger partial charge in [0.05, 0.1) is 12.1 Å². The van der Waals surface area contributed by atoms with Crippen molar-refractivity contribution in [2.45, 2.75) is 12.8 Å². The number of rotatable bonds is 6. The topological polar surface area (TPSA) is 49.9 Å². The summed E-state index contributed by atoms with van der Waals surface area (Å²) in [5, 5.41) is 4.73. The lowest BCUT2D eigenvalue weighted by atomic mass is 10.0. The molecule has 2 fully saturated rings. The van der Waals surface area contributed by atoms with Crippen molar-refractivity contribution in [3.05, 3.63) is 52.2 Å². The molecule has 2 amide bonds. The molecule has 2 aromatic rings. The van der Waals surface area contributed by atoms with E-state index in [2.05, 4.69) is 12.0 Å². The van der Waals surface area contributed by atoms with Crippen LogP contribution in [0.2, 0.25) is 5.02 Å². The van der Waals surface area contributed by atoms with Crippen LogP contribution in [0.4, 0.5) is 0 Å². The van der Waals surface area contributed by atoms with Crippen molar-refractivity contribution in [1.82, 2.24) is 9.80 Å². The predicted molar refractivity (Wildman–Crippen MR) is 120 cm³/mol. The lowest BCUT2D eigenvalue weighted by molar-refractivity contribution is -0.130. The smallest absolute Gasteiger partial charge is 0.245 e. The SMILES string of the molecule is C=CC(=O)N1CC2CN(C(=O)CCc3cc(-c4ccsc4)c(Cl)cc3OC)CC2C1. The second kappa shape index (κ2) is 8.82. The van der Waals surface area contributed by atoms with Crippen LogP contribution >= 0.6 is 22.9 Å². The van der Waals surface area contributed by atoms with Gasteiger partial charge in [0.2, 0.25) is 11.8 Å². The third-order valence-electron chi connectivity index (χ3n) is 6.14. The molecule has 0 bridgehead atoms. The van der Waals surface area contributed by atoms with E-state index in [9.17, 15) is 9.59 Å². The highest BCUT2D eigenvalue weighted by molar-refractivity contribution is 7.08. The number of halogens is 1. The summed E-state index contributed by atoms with van der Waals surface area (Å²) in [6, 6.07) is 5.91. The van der Waals surface area contributed by atoms with E-state index in [1.165, 1.54) is 6.08 Å². The molecule has 158 valence electrons. The van der Waals surface area contributed by atoms with E-state index >= 15 is 0 Å². The van der Waals surface area contributed by atoms with E-state index in [1.54, 1.807) is 18.4 Å². The van der Waals surface area contributed by atoms with Gasteiger partial charge >= 0.3 is 0 Å². The number of thiophene rings is 1. The first-order chi connectivity index (χ1) is 14.5. The van der Waals surface area contributed by atoms with Crippen molar-refractivity contribution < 1.29 is 14.3 Å². The molecule has 3 heterocycles. The fraction of sp³-hybridized carbons (Fsp3) is 0.391. The van der Waals surface area contributed by atoms with Crippen molar-refractivity contribution in [1.29, 1.82) is 0 Å². The zero-order chi connectivity index (χ0) is 21.3. The number of likely N-dealkylation sites (tertiary alicyclic amines) is 2. The van der Waals surface area contributed by atoms with Crippen LogP contribution in [0.25, 0.3) is 11.1 Å². The van der Waals surface area contributed by atoms with Crippen molar-refractivity contribution in [2.24, 2.45) is 11.8 Å². The molecule has 0 saturated carbocycles. The van der Waals surface area contributed by atoms with Gasteiger partial charge in [-0.05, 0) is 52.6 Å². The lowest BCUT2D eigenvalue weighted by Crippen LogP contribution is -2.35. The monoisotopic (exact) mass is 444 g/mol. The normalized spacial score (nSPS) is 20.3. The van der Waals surface area contributed by atoms with Crippen molar-refractivity contribution in [3.63, 3.8) is 0 Å². The summed E-state index contributed by atoms with van der Waals surface area (Å²) >= 11 is 8.08. The Hall–Kier alpha value is -2.31. The number of hydrogen-bond donors (Lipinski definition) is 0. The molecule has 4 rings (SSSR count). The lowest BCUT2D eigenvalue weighted by Gasteiger charge is -2.21. The summed E-state index contributed by atoms with van der Waals surface area (Å²) in [5.74, 6) is 1.59. The van der Waals surface area contributed by atoms with Gasteiger partial charge in [-0.15, -0.1) is 0 Å². The van der Waals surface area contributed by atoms with Crippen LogP contribution in [0, 0.1) is 11.8 Å². The molecule has 7 heteroatoms. The maximum atomic E-state index is 12.9. The summed E-state index contributed by atoms with van der Waals surface area (Å²) in [7, 11) is 1.62. The Bertz CT molecular complexity index is 946. The van der Waals surface area contributed by atoms with Gasteiger partial charge < -0.3 is 14.5 Å². The van der Waals surface area contributed by atoms with E-state index < -0.39 is 0 Å². The molecule has 2 saturated heterocycles.